The van der Waals surface area contributed by atoms with Crippen molar-refractivity contribution >= 4 is 11.0 Å². The number of H-pyrrole nitrogens is 2. The lowest BCUT2D eigenvalue weighted by atomic mass is 10.1. The number of phenols is 1. The van der Waals surface area contributed by atoms with Gasteiger partial charge in [-0.15, -0.1) is 0 Å². The number of benzene rings is 1. The summed E-state index contributed by atoms with van der Waals surface area (Å²) < 4.78 is 0. The van der Waals surface area contributed by atoms with Crippen LogP contribution in [0.15, 0.2) is 24.5 Å². The van der Waals surface area contributed by atoms with E-state index in [-0.39, 0.29) is 11.8 Å². The zero-order valence-electron chi connectivity index (χ0n) is 10.1. The van der Waals surface area contributed by atoms with Gasteiger partial charge in [-0.3, -0.25) is 0 Å². The molecular weight excluding hydrogens is 242 g/mol. The minimum Gasteiger partial charge on any atom is -0.508 e. The number of hydrogen-bond donors (Lipinski definition) is 4. The van der Waals surface area contributed by atoms with Gasteiger partial charge in [0.15, 0.2) is 0 Å². The van der Waals surface area contributed by atoms with Crippen LogP contribution in [0.1, 0.15) is 23.3 Å². The van der Waals surface area contributed by atoms with Crippen molar-refractivity contribution in [3.8, 4) is 5.75 Å². The Bertz CT molecular complexity index is 744. The minimum atomic E-state index is 0.130. The van der Waals surface area contributed by atoms with Gasteiger partial charge in [0.2, 0.25) is 0 Å². The quantitative estimate of drug-likeness (QED) is 0.529. The second-order valence-electron chi connectivity index (χ2n) is 4.79. The third-order valence-electron chi connectivity index (χ3n) is 3.54. The Labute approximate surface area is 108 Å². The summed E-state index contributed by atoms with van der Waals surface area (Å²) in [7, 11) is 0. The van der Waals surface area contributed by atoms with Crippen LogP contribution in [0, 0.1) is 0 Å². The standard InChI is InChI=1S/C13H13N5O/c19-7-1-2-8-10(3-7)18-13(17-8)11-4-9-12(5-14-11)16-6-15-9/h1-3,6,11,14,19H,4-5H2,(H,15,16)(H,17,18). The van der Waals surface area contributed by atoms with Crippen molar-refractivity contribution < 1.29 is 5.11 Å². The van der Waals surface area contributed by atoms with E-state index in [0.29, 0.717) is 0 Å². The fraction of sp³-hybridized carbons (Fsp3) is 0.231. The number of fused-ring (bicyclic) bond motifs is 2. The van der Waals surface area contributed by atoms with Crippen molar-refractivity contribution in [3.05, 3.63) is 41.7 Å². The highest BCUT2D eigenvalue weighted by Gasteiger charge is 2.23. The van der Waals surface area contributed by atoms with Crippen molar-refractivity contribution in [2.75, 3.05) is 0 Å². The maximum atomic E-state index is 9.47. The van der Waals surface area contributed by atoms with Crippen molar-refractivity contribution in [1.82, 2.24) is 25.3 Å². The third kappa shape index (κ3) is 1.68. The maximum Gasteiger partial charge on any atom is 0.124 e. The van der Waals surface area contributed by atoms with Crippen LogP contribution in [-0.4, -0.2) is 25.0 Å². The van der Waals surface area contributed by atoms with E-state index in [1.165, 1.54) is 0 Å². The first kappa shape index (κ1) is 10.6. The summed E-state index contributed by atoms with van der Waals surface area (Å²) in [6.45, 7) is 0.766. The van der Waals surface area contributed by atoms with Crippen molar-refractivity contribution in [2.45, 2.75) is 19.0 Å². The van der Waals surface area contributed by atoms with Crippen LogP contribution in [0.5, 0.6) is 5.75 Å². The second kappa shape index (κ2) is 3.83. The molecule has 4 N–H and O–H groups in total. The third-order valence-corrected chi connectivity index (χ3v) is 3.54. The Balaban J connectivity index is 1.71. The molecule has 0 saturated heterocycles. The van der Waals surface area contributed by atoms with E-state index in [2.05, 4.69) is 25.3 Å². The summed E-state index contributed by atoms with van der Waals surface area (Å²) >= 11 is 0. The largest absolute Gasteiger partial charge is 0.508 e. The molecule has 6 heteroatoms. The average molecular weight is 255 g/mol. The van der Waals surface area contributed by atoms with Crippen LogP contribution in [0.2, 0.25) is 0 Å². The van der Waals surface area contributed by atoms with Gasteiger partial charge in [-0.2, -0.15) is 0 Å². The molecule has 1 unspecified atom stereocenters. The Kier molecular flexibility index (Phi) is 2.13. The summed E-state index contributed by atoms with van der Waals surface area (Å²) in [5.41, 5.74) is 3.95. The minimum absolute atomic E-state index is 0.130. The fourth-order valence-electron chi connectivity index (χ4n) is 2.54. The lowest BCUT2D eigenvalue weighted by Gasteiger charge is -2.20. The molecule has 0 radical (unpaired) electrons. The lowest BCUT2D eigenvalue weighted by molar-refractivity contribution is 0.471. The maximum absolute atomic E-state index is 9.47. The molecule has 0 saturated carbocycles. The number of rotatable bonds is 1. The lowest BCUT2D eigenvalue weighted by Crippen LogP contribution is -2.29. The van der Waals surface area contributed by atoms with E-state index in [1.54, 1.807) is 18.5 Å². The molecule has 2 aromatic heterocycles. The molecule has 3 heterocycles. The van der Waals surface area contributed by atoms with E-state index < -0.39 is 0 Å². The van der Waals surface area contributed by atoms with Gasteiger partial charge in [0.25, 0.3) is 0 Å². The van der Waals surface area contributed by atoms with E-state index in [0.717, 1.165) is 41.2 Å². The number of aromatic nitrogens is 4. The molecule has 0 fully saturated rings. The topological polar surface area (TPSA) is 89.6 Å². The zero-order chi connectivity index (χ0) is 12.8. The highest BCUT2D eigenvalue weighted by Crippen LogP contribution is 2.25. The Hall–Kier alpha value is -2.34. The molecule has 1 aromatic carbocycles. The zero-order valence-corrected chi connectivity index (χ0v) is 10.1. The van der Waals surface area contributed by atoms with Crippen LogP contribution < -0.4 is 5.32 Å². The van der Waals surface area contributed by atoms with E-state index in [4.69, 9.17) is 0 Å². The predicted octanol–water partition coefficient (Wildman–Crippen LogP) is 1.38. The summed E-state index contributed by atoms with van der Waals surface area (Å²) in [5, 5.41) is 12.9. The number of aromatic hydroxyl groups is 1. The predicted molar refractivity (Wildman–Crippen MR) is 69.6 cm³/mol. The first-order chi connectivity index (χ1) is 9.29. The monoisotopic (exact) mass is 255 g/mol. The van der Waals surface area contributed by atoms with E-state index >= 15 is 0 Å². The molecular formula is C13H13N5O. The molecule has 96 valence electrons. The highest BCUT2D eigenvalue weighted by molar-refractivity contribution is 5.76. The number of hydrogen-bond acceptors (Lipinski definition) is 4. The molecule has 3 aromatic rings. The average Bonchev–Trinajstić information content (AvgIpc) is 3.02. The van der Waals surface area contributed by atoms with Gasteiger partial charge >= 0.3 is 0 Å². The number of nitrogens with zero attached hydrogens (tertiary/aromatic N) is 2. The van der Waals surface area contributed by atoms with E-state index in [9.17, 15) is 5.11 Å². The molecule has 19 heavy (non-hydrogen) atoms. The summed E-state index contributed by atoms with van der Waals surface area (Å²) in [5.74, 6) is 1.13. The summed E-state index contributed by atoms with van der Waals surface area (Å²) in [6, 6.07) is 5.28. The van der Waals surface area contributed by atoms with Gasteiger partial charge in [0.05, 0.1) is 34.8 Å². The van der Waals surface area contributed by atoms with Gasteiger partial charge in [0, 0.05) is 19.0 Å². The fourth-order valence-corrected chi connectivity index (χ4v) is 2.54. The van der Waals surface area contributed by atoms with Crippen LogP contribution in [0.4, 0.5) is 0 Å². The van der Waals surface area contributed by atoms with Gasteiger partial charge in [-0.05, 0) is 12.1 Å². The van der Waals surface area contributed by atoms with Gasteiger partial charge < -0.3 is 20.4 Å². The van der Waals surface area contributed by atoms with Crippen molar-refractivity contribution in [2.24, 2.45) is 0 Å². The smallest absolute Gasteiger partial charge is 0.124 e. The Morgan fingerprint density at radius 3 is 3.21 bits per heavy atom. The Morgan fingerprint density at radius 1 is 1.32 bits per heavy atom. The van der Waals surface area contributed by atoms with Crippen molar-refractivity contribution in [1.29, 1.82) is 0 Å². The van der Waals surface area contributed by atoms with Crippen LogP contribution >= 0.6 is 0 Å². The van der Waals surface area contributed by atoms with Crippen LogP contribution in [0.3, 0.4) is 0 Å². The molecule has 0 bridgehead atoms. The van der Waals surface area contributed by atoms with Gasteiger partial charge in [0.1, 0.15) is 11.6 Å². The molecule has 4 rings (SSSR count). The SMILES string of the molecule is Oc1ccc2nc(C3Cc4nc[nH]c4CN3)[nH]c2c1. The van der Waals surface area contributed by atoms with Gasteiger partial charge in [-0.25, -0.2) is 9.97 Å². The second-order valence-corrected chi connectivity index (χ2v) is 4.79. The normalized spacial score (nSPS) is 18.6. The molecule has 6 nitrogen and oxygen atoms in total. The number of nitrogens with one attached hydrogen (secondary N) is 3. The molecule has 0 amide bonds. The molecule has 0 spiro atoms. The Morgan fingerprint density at radius 2 is 2.26 bits per heavy atom. The first-order valence-electron chi connectivity index (χ1n) is 6.23. The van der Waals surface area contributed by atoms with Crippen LogP contribution in [0.25, 0.3) is 11.0 Å². The van der Waals surface area contributed by atoms with E-state index in [1.807, 2.05) is 6.07 Å². The summed E-state index contributed by atoms with van der Waals surface area (Å²) in [6.07, 6.45) is 2.54. The molecule has 1 aliphatic rings. The number of phenolic OH excluding ortho intramolecular Hbond substituents is 1. The summed E-state index contributed by atoms with van der Waals surface area (Å²) in [4.78, 5) is 15.3. The molecule has 1 atom stereocenters. The number of imidazole rings is 2. The van der Waals surface area contributed by atoms with Crippen LogP contribution in [-0.2, 0) is 13.0 Å². The number of aromatic amines is 2. The first-order valence-corrected chi connectivity index (χ1v) is 6.23. The highest BCUT2D eigenvalue weighted by atomic mass is 16.3. The van der Waals surface area contributed by atoms with Gasteiger partial charge in [-0.1, -0.05) is 0 Å². The van der Waals surface area contributed by atoms with Crippen molar-refractivity contribution in [3.63, 3.8) is 0 Å². The molecule has 1 aliphatic heterocycles. The molecule has 0 aliphatic carbocycles.